The summed E-state index contributed by atoms with van der Waals surface area (Å²) in [5, 5.41) is 36.5. The number of para-hydroxylation sites is 1. The maximum Gasteiger partial charge on any atom is 0.246 e. The number of carbonyl (C=O) groups excluding carboxylic acids is 13. The van der Waals surface area contributed by atoms with Crippen LogP contribution in [0.15, 0.2) is 152 Å². The Balaban J connectivity index is 0.933. The molecular formula is C89H121N19O13. The molecule has 3 aliphatic rings. The summed E-state index contributed by atoms with van der Waals surface area (Å²) in [4.78, 5) is 198. The molecule has 13 amide bonds. The molecule has 121 heavy (non-hydrogen) atoms. The molecule has 3 fully saturated rings. The molecule has 0 radical (unpaired) electrons. The zero-order valence-corrected chi connectivity index (χ0v) is 69.8. The third-order valence-corrected chi connectivity index (χ3v) is 22.7. The van der Waals surface area contributed by atoms with Gasteiger partial charge in [0.05, 0.1) is 6.04 Å². The van der Waals surface area contributed by atoms with Crippen LogP contribution in [0.4, 0.5) is 0 Å². The van der Waals surface area contributed by atoms with Crippen LogP contribution in [0.3, 0.4) is 0 Å². The third-order valence-electron chi connectivity index (χ3n) is 22.7. The van der Waals surface area contributed by atoms with E-state index in [1.165, 1.54) is 21.6 Å². The number of nitrogens with one attached hydrogen (secondary N) is 12. The Labute approximate surface area is 706 Å². The van der Waals surface area contributed by atoms with Gasteiger partial charge in [-0.1, -0.05) is 174 Å². The van der Waals surface area contributed by atoms with Crippen LogP contribution in [0.5, 0.6) is 0 Å². The molecule has 9 rings (SSSR count). The predicted octanol–water partition coefficient (Wildman–Crippen LogP) is 2.33. The van der Waals surface area contributed by atoms with E-state index in [9.17, 15) is 33.6 Å². The Morgan fingerprint density at radius 3 is 1.25 bits per heavy atom. The second-order valence-electron chi connectivity index (χ2n) is 32.3. The van der Waals surface area contributed by atoms with Crippen molar-refractivity contribution in [3.63, 3.8) is 0 Å². The summed E-state index contributed by atoms with van der Waals surface area (Å²) in [5.41, 5.74) is 27.4. The van der Waals surface area contributed by atoms with Gasteiger partial charge in [0.25, 0.3) is 0 Å². The Bertz CT molecular complexity index is 4520. The molecule has 3 saturated heterocycles. The number of nitrogens with two attached hydrogens (primary N) is 4. The number of H-pyrrole nitrogens is 1. The molecule has 0 saturated carbocycles. The number of amides is 13. The Morgan fingerprint density at radius 2 is 0.818 bits per heavy atom. The molecule has 6 aromatic rings. The predicted molar refractivity (Wildman–Crippen MR) is 458 cm³/mol. The first kappa shape index (κ1) is 92.8. The zero-order valence-electron chi connectivity index (χ0n) is 69.8. The molecule has 0 spiro atoms. The van der Waals surface area contributed by atoms with E-state index < -0.39 is 155 Å². The number of hydrogen-bond acceptors (Lipinski definition) is 16. The maximum atomic E-state index is 15.6. The maximum absolute atomic E-state index is 15.6. The molecule has 32 heteroatoms. The Kier molecular flexibility index (Phi) is 35.2. The molecule has 0 aliphatic carbocycles. The van der Waals surface area contributed by atoms with Crippen LogP contribution in [0.2, 0.25) is 0 Å². The Morgan fingerprint density at radius 1 is 0.438 bits per heavy atom. The van der Waals surface area contributed by atoms with Gasteiger partial charge in [-0.05, 0) is 136 Å². The quantitative estimate of drug-likeness (QED) is 0.0148. The van der Waals surface area contributed by atoms with E-state index >= 15 is 28.8 Å². The molecule has 20 N–H and O–H groups in total. The van der Waals surface area contributed by atoms with Gasteiger partial charge >= 0.3 is 0 Å². The van der Waals surface area contributed by atoms with Gasteiger partial charge in [0.15, 0.2) is 5.96 Å². The number of rotatable bonds is 44. The highest BCUT2D eigenvalue weighted by Crippen LogP contribution is 2.27. The minimum absolute atomic E-state index is 0.0291. The lowest BCUT2D eigenvalue weighted by molar-refractivity contribution is -0.143. The highest BCUT2D eigenvalue weighted by molar-refractivity contribution is 6.01. The van der Waals surface area contributed by atoms with Crippen molar-refractivity contribution in [1.82, 2.24) is 72.9 Å². The summed E-state index contributed by atoms with van der Waals surface area (Å²) in [7, 11) is 0. The van der Waals surface area contributed by atoms with Gasteiger partial charge in [-0.3, -0.25) is 67.7 Å². The molecule has 1 aromatic heterocycles. The number of likely N-dealkylation sites (tertiary alicyclic amines) is 3. The van der Waals surface area contributed by atoms with Crippen LogP contribution >= 0.6 is 0 Å². The number of nitrogens with zero attached hydrogens (tertiary/aromatic N) is 3. The third kappa shape index (κ3) is 27.0. The highest BCUT2D eigenvalue weighted by Gasteiger charge is 2.45. The molecule has 4 heterocycles. The summed E-state index contributed by atoms with van der Waals surface area (Å²) >= 11 is 0. The summed E-state index contributed by atoms with van der Waals surface area (Å²) in [5.74, 6) is -9.22. The Hall–Kier alpha value is -12.1. The molecule has 32 nitrogen and oxygen atoms in total. The first-order valence-corrected chi connectivity index (χ1v) is 42.3. The van der Waals surface area contributed by atoms with E-state index in [0.29, 0.717) is 72.8 Å². The fraction of sp³-hybridized carbons (Fsp3) is 0.483. The number of fused-ring (bicyclic) bond motifs is 1. The number of benzene rings is 5. The fourth-order valence-corrected chi connectivity index (χ4v) is 15.8. The van der Waals surface area contributed by atoms with Crippen molar-refractivity contribution >= 4 is 93.7 Å². The van der Waals surface area contributed by atoms with Crippen LogP contribution in [0, 0.1) is 17.2 Å². The topological polar surface area (TPSA) is 496 Å². The molecule has 14 atom stereocenters. The van der Waals surface area contributed by atoms with Crippen molar-refractivity contribution in [2.75, 3.05) is 32.7 Å². The molecule has 650 valence electrons. The van der Waals surface area contributed by atoms with Crippen LogP contribution in [0.25, 0.3) is 10.9 Å². The average molecular weight is 1670 g/mol. The van der Waals surface area contributed by atoms with E-state index in [2.05, 4.69) is 58.2 Å². The van der Waals surface area contributed by atoms with Gasteiger partial charge < -0.3 is 95.8 Å². The SMILES string of the molecule is CC[C@H](C)[C@H](N)C(=O)N[C@@H](CC(C)C)C(=O)N1CCC[C@H]1C(=O)N[C@@H](Cc1c[nH]c2ccccc12)C(=O)N[C@@H](CCCCN)C(=O)N[C@@H](Cc1ccccc1)C(=O)N1CCC[C@H]1C(=O)N[C@@H](Cc1ccccc1)C(=O)N[C@@H](Cc1ccccc1)C(=O)N1CCC[C@H]1C(=O)N[C@@H](Cc1ccccc1)C(=O)N[C@@H](C)C(=O)N[C@@H](CCCNC(=N)N)C(N)=O. The fourth-order valence-electron chi connectivity index (χ4n) is 15.8. The number of hydrogen-bond donors (Lipinski definition) is 16. The van der Waals surface area contributed by atoms with Crippen LogP contribution in [0.1, 0.15) is 146 Å². The van der Waals surface area contributed by atoms with Gasteiger partial charge in [-0.2, -0.15) is 0 Å². The van der Waals surface area contributed by atoms with Gasteiger partial charge in [-0.15, -0.1) is 0 Å². The van der Waals surface area contributed by atoms with Gasteiger partial charge in [0.1, 0.15) is 72.5 Å². The van der Waals surface area contributed by atoms with Crippen LogP contribution in [-0.4, -0.2) is 214 Å². The van der Waals surface area contributed by atoms with E-state index in [-0.39, 0.29) is 121 Å². The average Bonchev–Trinajstić information content (AvgIpc) is 1.74. The number of aromatic nitrogens is 1. The van der Waals surface area contributed by atoms with Crippen molar-refractivity contribution in [3.8, 4) is 0 Å². The number of aromatic amines is 1. The van der Waals surface area contributed by atoms with Crippen molar-refractivity contribution in [1.29, 1.82) is 5.41 Å². The van der Waals surface area contributed by atoms with Crippen molar-refractivity contribution in [2.24, 2.45) is 34.8 Å². The van der Waals surface area contributed by atoms with E-state index in [4.69, 9.17) is 28.3 Å². The second-order valence-corrected chi connectivity index (χ2v) is 32.3. The molecule has 0 unspecified atom stereocenters. The standard InChI is InChI=1S/C89H121N19O13/c1-6-55(4)75(91)85(118)105-69(47-54(2)3)86(119)106-44-24-41-74(106)84(117)102-68(52-61-53-96-63-36-20-19-35-62(61)63)81(114)99-65(37-21-22-42-90)78(111)103-70(50-59-31-15-9-16-32-59)87(120)107-45-26-40-73(107)83(116)101-67(49-58-29-13-8-14-30-58)80(113)104-71(51-60-33-17-10-18-34-60)88(121)108-46-25-39-72(108)82(115)100-66(48-57-27-11-7-12-28-57)79(112)97-56(5)77(110)98-64(76(92)109)38-23-43-95-89(93)94/h7-20,27-36,53-56,64-75,96H,6,21-26,37-52,90-91H2,1-5H3,(H2,92,109)(H,97,112)(H,98,110)(H,99,114)(H,100,115)(H,101,116)(H,102,117)(H,103,111)(H,104,113)(H,105,118)(H4,93,94,95)/t55-,56-,64-,65-,66-,67-,68-,69-,70-,71-,72-,73-,74-,75-/m0/s1. The van der Waals surface area contributed by atoms with E-state index in [1.54, 1.807) is 128 Å². The lowest BCUT2D eigenvalue weighted by Crippen LogP contribution is -2.61. The lowest BCUT2D eigenvalue weighted by atomic mass is 9.97. The minimum atomic E-state index is -1.38. The largest absolute Gasteiger partial charge is 0.370 e. The summed E-state index contributed by atoms with van der Waals surface area (Å²) in [6.07, 6.45) is 5.35. The molecule has 3 aliphatic heterocycles. The molecule has 5 aromatic carbocycles. The van der Waals surface area contributed by atoms with Gasteiger partial charge in [-0.25, -0.2) is 0 Å². The number of unbranched alkanes of at least 4 members (excludes halogenated alkanes) is 1. The smallest absolute Gasteiger partial charge is 0.246 e. The van der Waals surface area contributed by atoms with Crippen molar-refractivity contribution in [2.45, 2.75) is 229 Å². The molecule has 0 bridgehead atoms. The normalized spacial score (nSPS) is 17.8. The zero-order chi connectivity index (χ0) is 87.2. The van der Waals surface area contributed by atoms with Crippen molar-refractivity contribution in [3.05, 3.63) is 180 Å². The number of guanidine groups is 1. The van der Waals surface area contributed by atoms with Crippen LogP contribution < -0.4 is 76.1 Å². The van der Waals surface area contributed by atoms with Gasteiger partial charge in [0.2, 0.25) is 76.8 Å². The lowest BCUT2D eigenvalue weighted by Gasteiger charge is -2.32. The molecular weight excluding hydrogens is 1540 g/mol. The van der Waals surface area contributed by atoms with E-state index in [1.807, 2.05) is 52.0 Å². The first-order chi connectivity index (χ1) is 58.1. The summed E-state index contributed by atoms with van der Waals surface area (Å²) in [6, 6.07) is 27.4. The number of primary amides is 1. The monoisotopic (exact) mass is 1660 g/mol. The summed E-state index contributed by atoms with van der Waals surface area (Å²) < 4.78 is 0. The first-order valence-electron chi connectivity index (χ1n) is 42.3. The summed E-state index contributed by atoms with van der Waals surface area (Å²) in [6.45, 7) is 9.87. The second kappa shape index (κ2) is 45.9. The minimum Gasteiger partial charge on any atom is -0.370 e. The number of carbonyl (C=O) groups is 13. The van der Waals surface area contributed by atoms with Crippen molar-refractivity contribution < 1.29 is 62.3 Å². The van der Waals surface area contributed by atoms with Crippen LogP contribution in [-0.2, 0) is 94.4 Å². The highest BCUT2D eigenvalue weighted by atomic mass is 16.2. The van der Waals surface area contributed by atoms with Gasteiger partial charge in [0, 0.05) is 75.4 Å². The van der Waals surface area contributed by atoms with E-state index in [0.717, 1.165) is 10.9 Å².